The summed E-state index contributed by atoms with van der Waals surface area (Å²) in [5, 5.41) is 11.8. The number of carbonyl (C=O) groups is 3. The van der Waals surface area contributed by atoms with Crippen molar-refractivity contribution in [2.24, 2.45) is 0 Å². The first-order chi connectivity index (χ1) is 39.6. The lowest BCUT2D eigenvalue weighted by molar-refractivity contribution is -0.870. The third-order valence-corrected chi connectivity index (χ3v) is 15.3. The molecule has 0 rings (SSSR count). The second-order valence-corrected chi connectivity index (χ2v) is 24.4. The van der Waals surface area contributed by atoms with E-state index in [0.29, 0.717) is 17.4 Å². The summed E-state index contributed by atoms with van der Waals surface area (Å²) < 4.78 is 22.7. The molecule has 9 nitrogen and oxygen atoms in total. The van der Waals surface area contributed by atoms with E-state index in [-0.39, 0.29) is 38.6 Å². The largest absolute Gasteiger partial charge is 0.545 e. The van der Waals surface area contributed by atoms with Gasteiger partial charge in [-0.3, -0.25) is 9.59 Å². The zero-order valence-electron chi connectivity index (χ0n) is 53.9. The van der Waals surface area contributed by atoms with Gasteiger partial charge < -0.3 is 33.3 Å². The number of rotatable bonds is 64. The van der Waals surface area contributed by atoms with Crippen LogP contribution in [0.2, 0.25) is 0 Å². The Labute approximate surface area is 501 Å². The molecule has 0 aliphatic carbocycles. The number of aliphatic carboxylic acids is 1. The molecule has 0 aliphatic rings. The van der Waals surface area contributed by atoms with Crippen LogP contribution in [0.25, 0.3) is 0 Å². The van der Waals surface area contributed by atoms with Crippen molar-refractivity contribution in [3.8, 4) is 0 Å². The Morgan fingerprint density at radius 3 is 1.05 bits per heavy atom. The first kappa shape index (κ1) is 78.0. The van der Waals surface area contributed by atoms with E-state index in [0.717, 1.165) is 70.6 Å². The van der Waals surface area contributed by atoms with E-state index in [1.54, 1.807) is 0 Å². The number of likely N-dealkylation sites (N-methyl/N-ethyl adjacent to an activating group) is 1. The van der Waals surface area contributed by atoms with Gasteiger partial charge >= 0.3 is 11.9 Å². The van der Waals surface area contributed by atoms with Gasteiger partial charge in [0.25, 0.3) is 0 Å². The van der Waals surface area contributed by atoms with Crippen LogP contribution in [-0.2, 0) is 33.3 Å². The minimum atomic E-state index is -1.63. The molecular weight excluding hydrogens is 1010 g/mol. The van der Waals surface area contributed by atoms with Gasteiger partial charge in [0.1, 0.15) is 13.2 Å². The number of carboxylic acids is 1. The van der Waals surface area contributed by atoms with Crippen molar-refractivity contribution in [3.63, 3.8) is 0 Å². The van der Waals surface area contributed by atoms with Crippen molar-refractivity contribution < 1.29 is 42.9 Å². The van der Waals surface area contributed by atoms with Gasteiger partial charge in [0.15, 0.2) is 12.4 Å². The van der Waals surface area contributed by atoms with Crippen LogP contribution in [0.3, 0.4) is 0 Å². The molecule has 9 heteroatoms. The molecule has 0 amide bonds. The molecule has 0 N–H and O–H groups in total. The lowest BCUT2D eigenvalue weighted by Gasteiger charge is -2.26. The van der Waals surface area contributed by atoms with Crippen LogP contribution in [0.5, 0.6) is 0 Å². The zero-order chi connectivity index (χ0) is 59.1. The highest BCUT2D eigenvalue weighted by Crippen LogP contribution is 2.18. The van der Waals surface area contributed by atoms with E-state index in [2.05, 4.69) is 74.6 Å². The summed E-state index contributed by atoms with van der Waals surface area (Å²) in [6.45, 7) is 4.63. The Bertz CT molecular complexity index is 1510. The standard InChI is InChI=1S/C72H131NO8/c1-6-8-10-12-14-16-18-20-22-24-26-27-28-29-30-31-32-33-34-35-36-37-38-39-40-41-42-43-45-46-48-50-52-54-56-58-60-62-69(74)79-66-68(67-80-72(71(76)77)78-65-64-73(3,4)5)81-70(75)63-61-59-57-55-53-51-49-47-44-25-23-21-19-17-15-13-11-9-7-2/h9,11,15,17,21,23,44,47,51,53,68,72H,6-8,10,12-14,16,18-20,22,24-43,45-46,48-50,52,54-67H2,1-5H3/b11-9-,17-15-,23-21-,47-44-,53-51-. The van der Waals surface area contributed by atoms with Crippen LogP contribution < -0.4 is 5.11 Å². The molecule has 0 bridgehead atoms. The SMILES string of the molecule is CC/C=C\C/C=C\C/C=C\C/C=C\C/C=C\CCCCCC(=O)OC(COC(=O)CCCCCCCCCCCCCCCCCCCCCCCCCCCCCCCCCCCCCCC)COC(OCC[N+](C)(C)C)C(=O)[O-]. The third kappa shape index (κ3) is 64.4. The van der Waals surface area contributed by atoms with Gasteiger partial charge in [-0.15, -0.1) is 0 Å². The number of carbonyl (C=O) groups excluding carboxylic acids is 3. The number of ether oxygens (including phenoxy) is 4. The predicted octanol–water partition coefficient (Wildman–Crippen LogP) is 19.8. The number of quaternary nitrogens is 1. The number of carboxylic acid groups (broad SMARTS) is 1. The van der Waals surface area contributed by atoms with E-state index in [4.69, 9.17) is 18.9 Å². The minimum absolute atomic E-state index is 0.140. The zero-order valence-corrected chi connectivity index (χ0v) is 53.9. The molecule has 0 spiro atoms. The average Bonchev–Trinajstić information content (AvgIpc) is 3.44. The molecule has 0 saturated heterocycles. The summed E-state index contributed by atoms with van der Waals surface area (Å²) >= 11 is 0. The summed E-state index contributed by atoms with van der Waals surface area (Å²) in [5.74, 6) is -2.32. The molecule has 2 atom stereocenters. The van der Waals surface area contributed by atoms with Gasteiger partial charge in [-0.2, -0.15) is 0 Å². The van der Waals surface area contributed by atoms with Crippen molar-refractivity contribution in [1.29, 1.82) is 0 Å². The topological polar surface area (TPSA) is 111 Å². The quantitative estimate of drug-likeness (QED) is 0.0195. The predicted molar refractivity (Wildman–Crippen MR) is 343 cm³/mol. The fraction of sp³-hybridized carbons (Fsp3) is 0.819. The molecule has 81 heavy (non-hydrogen) atoms. The molecular formula is C72H131NO8. The number of allylic oxidation sites excluding steroid dienone is 10. The lowest BCUT2D eigenvalue weighted by Crippen LogP contribution is -2.44. The smallest absolute Gasteiger partial charge is 0.306 e. The monoisotopic (exact) mass is 1140 g/mol. The first-order valence-corrected chi connectivity index (χ1v) is 34.4. The second kappa shape index (κ2) is 63.0. The molecule has 0 saturated carbocycles. The van der Waals surface area contributed by atoms with Crippen molar-refractivity contribution in [3.05, 3.63) is 60.8 Å². The Morgan fingerprint density at radius 2 is 0.704 bits per heavy atom. The van der Waals surface area contributed by atoms with Crippen LogP contribution in [0.4, 0.5) is 0 Å². The molecule has 2 unspecified atom stereocenters. The summed E-state index contributed by atoms with van der Waals surface area (Å²) in [7, 11) is 5.92. The van der Waals surface area contributed by atoms with Gasteiger partial charge in [0.05, 0.1) is 40.3 Å². The molecule has 0 aliphatic heterocycles. The number of hydrogen-bond donors (Lipinski definition) is 0. The molecule has 0 heterocycles. The maximum atomic E-state index is 12.9. The van der Waals surface area contributed by atoms with Gasteiger partial charge in [0.2, 0.25) is 0 Å². The third-order valence-electron chi connectivity index (χ3n) is 15.3. The fourth-order valence-corrected chi connectivity index (χ4v) is 10.0. The van der Waals surface area contributed by atoms with E-state index in [1.807, 2.05) is 21.1 Å². The van der Waals surface area contributed by atoms with Crippen molar-refractivity contribution in [1.82, 2.24) is 0 Å². The van der Waals surface area contributed by atoms with Crippen LogP contribution in [0, 0.1) is 0 Å². The van der Waals surface area contributed by atoms with E-state index in [1.165, 1.54) is 218 Å². The van der Waals surface area contributed by atoms with Crippen LogP contribution in [0.15, 0.2) is 60.8 Å². The average molecular weight is 1140 g/mol. The molecule has 0 aromatic carbocycles. The molecule has 0 radical (unpaired) electrons. The maximum absolute atomic E-state index is 12.9. The maximum Gasteiger partial charge on any atom is 0.306 e. The number of nitrogens with zero attached hydrogens (tertiary/aromatic N) is 1. The van der Waals surface area contributed by atoms with Crippen LogP contribution in [-0.4, -0.2) is 82.3 Å². The van der Waals surface area contributed by atoms with Gasteiger partial charge in [-0.1, -0.05) is 312 Å². The Morgan fingerprint density at radius 1 is 0.383 bits per heavy atom. The molecule has 0 fully saturated rings. The molecule has 0 aromatic rings. The summed E-state index contributed by atoms with van der Waals surface area (Å²) in [6.07, 6.45) is 79.1. The van der Waals surface area contributed by atoms with Crippen LogP contribution >= 0.6 is 0 Å². The fourth-order valence-electron chi connectivity index (χ4n) is 10.0. The van der Waals surface area contributed by atoms with Crippen molar-refractivity contribution in [2.45, 2.75) is 334 Å². The van der Waals surface area contributed by atoms with Gasteiger partial charge in [0, 0.05) is 12.8 Å². The van der Waals surface area contributed by atoms with Crippen LogP contribution in [0.1, 0.15) is 322 Å². The van der Waals surface area contributed by atoms with Gasteiger partial charge in [-0.25, -0.2) is 0 Å². The Balaban J connectivity index is 4.00. The lowest BCUT2D eigenvalue weighted by atomic mass is 10.0. The summed E-state index contributed by atoms with van der Waals surface area (Å²) in [6, 6.07) is 0. The summed E-state index contributed by atoms with van der Waals surface area (Å²) in [4.78, 5) is 37.4. The Hall–Kier alpha value is -3.01. The summed E-state index contributed by atoms with van der Waals surface area (Å²) in [5.41, 5.74) is 0. The van der Waals surface area contributed by atoms with Crippen molar-refractivity contribution >= 4 is 17.9 Å². The van der Waals surface area contributed by atoms with E-state index in [9.17, 15) is 19.5 Å². The second-order valence-electron chi connectivity index (χ2n) is 24.4. The normalized spacial score (nSPS) is 13.0. The van der Waals surface area contributed by atoms with E-state index >= 15 is 0 Å². The van der Waals surface area contributed by atoms with E-state index < -0.39 is 24.3 Å². The van der Waals surface area contributed by atoms with Crippen molar-refractivity contribution in [2.75, 3.05) is 47.5 Å². The first-order valence-electron chi connectivity index (χ1n) is 34.4. The highest BCUT2D eigenvalue weighted by Gasteiger charge is 2.22. The Kier molecular flexibility index (Phi) is 60.7. The number of hydrogen-bond acceptors (Lipinski definition) is 8. The highest BCUT2D eigenvalue weighted by atomic mass is 16.7. The number of esters is 2. The molecule has 0 aromatic heterocycles. The number of unbranched alkanes of at least 4 members (excludes halogenated alkanes) is 39. The van der Waals surface area contributed by atoms with Gasteiger partial charge in [-0.05, 0) is 57.8 Å². The highest BCUT2D eigenvalue weighted by molar-refractivity contribution is 5.70. The molecule has 472 valence electrons. The minimum Gasteiger partial charge on any atom is -0.545 e.